The molecule has 0 aliphatic heterocycles. The second kappa shape index (κ2) is 8.01. The van der Waals surface area contributed by atoms with E-state index in [1.54, 1.807) is 12.1 Å². The number of nitro benzene ring substituents is 1. The second-order valence-electron chi connectivity index (χ2n) is 6.28. The SMILES string of the molecule is CCCC[NH+](CC)c1nc(-c2ccc([N+](=O)[O-])cc2)nc2ccccc12. The predicted octanol–water partition coefficient (Wildman–Crippen LogP) is 3.54. The van der Waals surface area contributed by atoms with E-state index in [9.17, 15) is 10.1 Å². The number of hydrogen-bond acceptors (Lipinski definition) is 4. The molecule has 0 saturated carbocycles. The Bertz CT molecular complexity index is 909. The molecule has 1 aromatic heterocycles. The van der Waals surface area contributed by atoms with Gasteiger partial charge in [-0.15, -0.1) is 0 Å². The number of aromatic nitrogens is 2. The molecule has 6 heteroatoms. The number of para-hydroxylation sites is 1. The molecule has 1 N–H and O–H groups in total. The van der Waals surface area contributed by atoms with E-state index >= 15 is 0 Å². The first-order chi connectivity index (χ1) is 12.6. The van der Waals surface area contributed by atoms with E-state index in [0.29, 0.717) is 5.82 Å². The molecule has 2 aromatic carbocycles. The van der Waals surface area contributed by atoms with Crippen LogP contribution in [0.5, 0.6) is 0 Å². The third-order valence-electron chi connectivity index (χ3n) is 4.53. The van der Waals surface area contributed by atoms with Crippen LogP contribution in [-0.2, 0) is 0 Å². The van der Waals surface area contributed by atoms with Crippen LogP contribution >= 0.6 is 0 Å². The molecule has 1 unspecified atom stereocenters. The molecular weight excluding hydrogens is 328 g/mol. The third-order valence-corrected chi connectivity index (χ3v) is 4.53. The van der Waals surface area contributed by atoms with Crippen molar-refractivity contribution in [2.75, 3.05) is 13.1 Å². The minimum Gasteiger partial charge on any atom is -0.286 e. The smallest absolute Gasteiger partial charge is 0.269 e. The summed E-state index contributed by atoms with van der Waals surface area (Å²) < 4.78 is 0. The van der Waals surface area contributed by atoms with Gasteiger partial charge in [-0.05, 0) is 37.6 Å². The van der Waals surface area contributed by atoms with Gasteiger partial charge in [0.1, 0.15) is 0 Å². The van der Waals surface area contributed by atoms with Crippen LogP contribution in [0.3, 0.4) is 0 Å². The number of rotatable bonds is 7. The molecule has 6 nitrogen and oxygen atoms in total. The van der Waals surface area contributed by atoms with Gasteiger partial charge in [-0.1, -0.05) is 25.5 Å². The van der Waals surface area contributed by atoms with Crippen LogP contribution in [0, 0.1) is 10.1 Å². The van der Waals surface area contributed by atoms with Crippen molar-refractivity contribution in [1.82, 2.24) is 9.97 Å². The van der Waals surface area contributed by atoms with Crippen molar-refractivity contribution in [1.29, 1.82) is 0 Å². The zero-order valence-electron chi connectivity index (χ0n) is 15.1. The summed E-state index contributed by atoms with van der Waals surface area (Å²) in [6, 6.07) is 14.4. The molecule has 26 heavy (non-hydrogen) atoms. The Balaban J connectivity index is 2.10. The van der Waals surface area contributed by atoms with Crippen molar-refractivity contribution in [3.8, 4) is 11.4 Å². The minimum atomic E-state index is -0.399. The van der Waals surface area contributed by atoms with Crippen molar-refractivity contribution < 1.29 is 9.82 Å². The summed E-state index contributed by atoms with van der Waals surface area (Å²) in [5, 5.41) is 11.9. The molecule has 134 valence electrons. The fourth-order valence-electron chi connectivity index (χ4n) is 3.06. The van der Waals surface area contributed by atoms with Gasteiger partial charge in [0.15, 0.2) is 5.82 Å². The number of hydrogen-bond donors (Lipinski definition) is 1. The van der Waals surface area contributed by atoms with Crippen LogP contribution in [0.1, 0.15) is 26.7 Å². The number of fused-ring (bicyclic) bond motifs is 1. The molecule has 3 rings (SSSR count). The fourth-order valence-corrected chi connectivity index (χ4v) is 3.06. The lowest BCUT2D eigenvalue weighted by Crippen LogP contribution is -3.07. The maximum absolute atomic E-state index is 10.9. The van der Waals surface area contributed by atoms with Gasteiger partial charge < -0.3 is 0 Å². The number of benzene rings is 2. The zero-order chi connectivity index (χ0) is 18.5. The maximum Gasteiger partial charge on any atom is 0.269 e. The largest absolute Gasteiger partial charge is 0.286 e. The molecule has 0 aliphatic rings. The molecular formula is C20H23N4O2+. The Kier molecular flexibility index (Phi) is 5.53. The van der Waals surface area contributed by atoms with Gasteiger partial charge in [0.25, 0.3) is 5.69 Å². The molecule has 0 saturated heterocycles. The van der Waals surface area contributed by atoms with Crippen LogP contribution in [0.25, 0.3) is 22.3 Å². The monoisotopic (exact) mass is 351 g/mol. The minimum absolute atomic E-state index is 0.0681. The number of nitro groups is 1. The summed E-state index contributed by atoms with van der Waals surface area (Å²) in [7, 11) is 0. The Hall–Kier alpha value is -2.86. The highest BCUT2D eigenvalue weighted by molar-refractivity contribution is 5.87. The highest BCUT2D eigenvalue weighted by Crippen LogP contribution is 2.24. The van der Waals surface area contributed by atoms with E-state index in [2.05, 4.69) is 24.9 Å². The van der Waals surface area contributed by atoms with Crippen molar-refractivity contribution in [2.45, 2.75) is 26.7 Å². The summed E-state index contributed by atoms with van der Waals surface area (Å²) in [4.78, 5) is 21.3. The van der Waals surface area contributed by atoms with E-state index in [1.807, 2.05) is 18.2 Å². The maximum atomic E-state index is 10.9. The van der Waals surface area contributed by atoms with Gasteiger partial charge >= 0.3 is 0 Å². The highest BCUT2D eigenvalue weighted by Gasteiger charge is 2.19. The van der Waals surface area contributed by atoms with Crippen LogP contribution in [0.4, 0.5) is 11.5 Å². The number of non-ortho nitro benzene ring substituents is 1. The first-order valence-electron chi connectivity index (χ1n) is 9.00. The summed E-state index contributed by atoms with van der Waals surface area (Å²) >= 11 is 0. The van der Waals surface area contributed by atoms with E-state index in [-0.39, 0.29) is 5.69 Å². The molecule has 3 aromatic rings. The lowest BCUT2D eigenvalue weighted by Gasteiger charge is -2.18. The van der Waals surface area contributed by atoms with Crippen molar-refractivity contribution >= 4 is 22.4 Å². The Labute approximate surface area is 152 Å². The molecule has 0 bridgehead atoms. The normalized spacial score (nSPS) is 12.2. The fraction of sp³-hybridized carbons (Fsp3) is 0.300. The van der Waals surface area contributed by atoms with Crippen LogP contribution in [-0.4, -0.2) is 28.0 Å². The molecule has 0 radical (unpaired) electrons. The van der Waals surface area contributed by atoms with Crippen molar-refractivity contribution in [2.24, 2.45) is 0 Å². The molecule has 0 fully saturated rings. The number of unbranched alkanes of at least 4 members (excludes halogenated alkanes) is 1. The topological polar surface area (TPSA) is 73.4 Å². The Morgan fingerprint density at radius 1 is 1.04 bits per heavy atom. The average molecular weight is 351 g/mol. The summed E-state index contributed by atoms with van der Waals surface area (Å²) in [5.74, 6) is 1.61. The number of nitrogens with one attached hydrogen (secondary N) is 1. The van der Waals surface area contributed by atoms with Crippen LogP contribution in [0.2, 0.25) is 0 Å². The lowest BCUT2D eigenvalue weighted by molar-refractivity contribution is -0.832. The standard InChI is InChI=1S/C20H22N4O2/c1-3-5-14-23(4-2)20-17-8-6-7-9-18(17)21-19(22-20)15-10-12-16(13-11-15)24(25)26/h6-13H,3-5,14H2,1-2H3/p+1. The first-order valence-corrected chi connectivity index (χ1v) is 9.00. The Morgan fingerprint density at radius 3 is 2.42 bits per heavy atom. The molecule has 0 aliphatic carbocycles. The molecule has 1 atom stereocenters. The summed E-state index contributed by atoms with van der Waals surface area (Å²) in [6.07, 6.45) is 2.27. The third kappa shape index (κ3) is 3.70. The summed E-state index contributed by atoms with van der Waals surface area (Å²) in [6.45, 7) is 6.31. The lowest BCUT2D eigenvalue weighted by atomic mass is 10.1. The molecule has 1 heterocycles. The van der Waals surface area contributed by atoms with Gasteiger partial charge in [-0.3, -0.25) is 15.0 Å². The van der Waals surface area contributed by atoms with Gasteiger partial charge in [-0.2, -0.15) is 4.98 Å². The highest BCUT2D eigenvalue weighted by atomic mass is 16.6. The van der Waals surface area contributed by atoms with E-state index in [0.717, 1.165) is 48.2 Å². The van der Waals surface area contributed by atoms with Gasteiger partial charge in [0.05, 0.1) is 28.9 Å². The van der Waals surface area contributed by atoms with Gasteiger partial charge in [-0.25, -0.2) is 4.98 Å². The quantitative estimate of drug-likeness (QED) is 0.522. The van der Waals surface area contributed by atoms with E-state index < -0.39 is 4.92 Å². The zero-order valence-corrected chi connectivity index (χ0v) is 15.1. The first kappa shape index (κ1) is 17.9. The second-order valence-corrected chi connectivity index (χ2v) is 6.28. The Morgan fingerprint density at radius 2 is 1.77 bits per heavy atom. The van der Waals surface area contributed by atoms with E-state index in [1.165, 1.54) is 17.0 Å². The number of nitrogens with zero attached hydrogens (tertiary/aromatic N) is 3. The van der Waals surface area contributed by atoms with E-state index in [4.69, 9.17) is 4.98 Å². The van der Waals surface area contributed by atoms with Crippen LogP contribution < -0.4 is 4.90 Å². The van der Waals surface area contributed by atoms with Gasteiger partial charge in [0, 0.05) is 17.7 Å². The van der Waals surface area contributed by atoms with Gasteiger partial charge in [0.2, 0.25) is 5.82 Å². The molecule has 0 amide bonds. The molecule has 0 spiro atoms. The predicted molar refractivity (Wildman–Crippen MR) is 103 cm³/mol. The van der Waals surface area contributed by atoms with Crippen molar-refractivity contribution in [3.63, 3.8) is 0 Å². The summed E-state index contributed by atoms with van der Waals surface area (Å²) in [5.41, 5.74) is 1.75. The van der Waals surface area contributed by atoms with Crippen LogP contribution in [0.15, 0.2) is 48.5 Å². The average Bonchev–Trinajstić information content (AvgIpc) is 2.68. The van der Waals surface area contributed by atoms with Crippen molar-refractivity contribution in [3.05, 3.63) is 58.6 Å². The number of quaternary nitrogens is 1.